The van der Waals surface area contributed by atoms with Gasteiger partial charge in [0.2, 0.25) is 29.5 Å². The standard InChI is InChI=1S/C73H89N19O19S5/c1-15-27(3)48(80-40-18-17-37-38(33(9)93)21-42(70(109)111-14)81-51(37)52(40)97)64(107)79-31(7)58(101)76-29(5)57(100)77-32(8)59(102)92-73-20-19-41(67-86-44(23-113-67)60(103)78-30(6)56(99)75-28(4)55(74)98)82-53(73)43-22-114-68(84-43)50(35(11)95)90-61(104)45-25-115-69(87-45)54(72(13,110)36(12)96)91-63(106)46-24-112-66(85-46)39(16-2)83-65(108)49(34(10)94)89-62(105)47-26-116-71(73)88-47/h16-18,21-23,25-27,31-36,40,46,48-50,52-54,80,93-97,110H,4-6,15,19-20,24H2,1-3,7-14H3,(H2,74,98)(H,75,99)(H,76,101)(H,77,100)(H,78,103)(H,79,107)(H,83,108)(H,89,105)(H,90,104)(H,91,106)(H,92,102)/b39-16-/t27-,31-,32-,33-,34+,35+,36+,40+,46?,48-,49-,50-,52-,53+,54+,72+,73+/m0/s1. The minimum absolute atomic E-state index is 0.00834. The molecule has 5 aromatic rings. The normalized spacial score (nSPS) is 23.2. The fraction of sp³-hybridized carbons (Fsp3) is 0.438. The number of aliphatic hydroxyl groups is 6. The molecule has 17 atom stereocenters. The molecule has 5 aromatic heterocycles. The second-order valence-corrected chi connectivity index (χ2v) is 32.4. The van der Waals surface area contributed by atoms with E-state index in [0.29, 0.717) is 17.5 Å². The average molecular weight is 1700 g/mol. The van der Waals surface area contributed by atoms with Crippen LogP contribution >= 0.6 is 57.1 Å². The number of pyridine rings is 1. The Kier molecular flexibility index (Phi) is 28.9. The third-order valence-electron chi connectivity index (χ3n) is 19.4. The second kappa shape index (κ2) is 37.6. The zero-order valence-corrected chi connectivity index (χ0v) is 68.6. The molecule has 0 fully saturated rings. The monoisotopic (exact) mass is 1700 g/mol. The number of thioether (sulfide) groups is 1. The van der Waals surface area contributed by atoms with Crippen LogP contribution in [0.4, 0.5) is 0 Å². The summed E-state index contributed by atoms with van der Waals surface area (Å²) in [4.78, 5) is 199. The molecule has 0 saturated heterocycles. The number of carbonyl (C=O) groups excluding carboxylic acids is 12. The summed E-state index contributed by atoms with van der Waals surface area (Å²) in [5.41, 5.74) is -0.719. The lowest BCUT2D eigenvalue weighted by Gasteiger charge is -2.41. The van der Waals surface area contributed by atoms with Crippen LogP contribution in [0.1, 0.15) is 203 Å². The summed E-state index contributed by atoms with van der Waals surface area (Å²) < 4.78 is 4.85. The predicted octanol–water partition coefficient (Wildman–Crippen LogP) is 0.382. The molecule has 8 heterocycles. The van der Waals surface area contributed by atoms with Gasteiger partial charge in [0.25, 0.3) is 35.4 Å². The van der Waals surface area contributed by atoms with Gasteiger partial charge in [-0.2, -0.15) is 0 Å². The van der Waals surface area contributed by atoms with Crippen molar-refractivity contribution in [2.24, 2.45) is 21.6 Å². The van der Waals surface area contributed by atoms with Gasteiger partial charge < -0.3 is 94.3 Å². The van der Waals surface area contributed by atoms with E-state index in [0.717, 1.165) is 64.2 Å². The number of primary amides is 1. The smallest absolute Gasteiger partial charge is 0.356 e. The number of hydrogen-bond donors (Lipinski definition) is 18. The van der Waals surface area contributed by atoms with Gasteiger partial charge in [0.1, 0.15) is 107 Å². The molecular weight excluding hydrogens is 1610 g/mol. The van der Waals surface area contributed by atoms with Crippen LogP contribution in [0.15, 0.2) is 92.2 Å². The number of aliphatic hydroxyl groups excluding tert-OH is 5. The van der Waals surface area contributed by atoms with Crippen LogP contribution in [0.25, 0.3) is 6.08 Å². The molecule has 0 spiro atoms. The topological polar surface area (TPSA) is 583 Å². The molecule has 38 nitrogen and oxygen atoms in total. The van der Waals surface area contributed by atoms with Gasteiger partial charge in [0.05, 0.1) is 83.5 Å². The molecule has 0 radical (unpaired) electrons. The van der Waals surface area contributed by atoms with E-state index < -0.39 is 190 Å². The summed E-state index contributed by atoms with van der Waals surface area (Å²) in [6.07, 6.45) is -2.45. The van der Waals surface area contributed by atoms with E-state index in [1.165, 1.54) is 82.1 Å². The van der Waals surface area contributed by atoms with Gasteiger partial charge in [0, 0.05) is 32.8 Å². The quantitative estimate of drug-likeness (QED) is 0.0293. The Morgan fingerprint density at radius 2 is 1.39 bits per heavy atom. The Balaban J connectivity index is 1.06. The number of nitrogens with one attached hydrogen (secondary N) is 11. The molecule has 1 unspecified atom stereocenters. The lowest BCUT2D eigenvalue weighted by atomic mass is 9.80. The van der Waals surface area contributed by atoms with E-state index in [4.69, 9.17) is 25.4 Å². The molecule has 0 aromatic carbocycles. The highest BCUT2D eigenvalue weighted by atomic mass is 32.2. The molecule has 9 rings (SSSR count). The minimum Gasteiger partial charge on any atom is -0.464 e. The first-order chi connectivity index (χ1) is 54.6. The minimum atomic E-state index is -2.13. The summed E-state index contributed by atoms with van der Waals surface area (Å²) >= 11 is 4.55. The van der Waals surface area contributed by atoms with Crippen molar-refractivity contribution >= 4 is 145 Å². The van der Waals surface area contributed by atoms with E-state index >= 15 is 4.79 Å². The second-order valence-electron chi connectivity index (χ2n) is 27.9. The van der Waals surface area contributed by atoms with Crippen molar-refractivity contribution in [2.75, 3.05) is 12.9 Å². The van der Waals surface area contributed by atoms with Gasteiger partial charge >= 0.3 is 5.97 Å². The first kappa shape index (κ1) is 89.4. The van der Waals surface area contributed by atoms with Crippen molar-refractivity contribution < 1.29 is 92.9 Å². The zero-order chi connectivity index (χ0) is 85.4. The number of amides is 11. The summed E-state index contributed by atoms with van der Waals surface area (Å²) in [5.74, 6) is -11.6. The zero-order valence-electron chi connectivity index (χ0n) is 64.5. The summed E-state index contributed by atoms with van der Waals surface area (Å²) in [7, 11) is 1.15. The lowest BCUT2D eigenvalue weighted by molar-refractivity contribution is -0.131. The summed E-state index contributed by atoms with van der Waals surface area (Å²) in [6.45, 7) is 25.0. The highest BCUT2D eigenvalue weighted by Crippen LogP contribution is 2.48. The maximum atomic E-state index is 15.3. The fourth-order valence-electron chi connectivity index (χ4n) is 12.1. The van der Waals surface area contributed by atoms with Gasteiger partial charge in [-0.05, 0) is 85.8 Å². The maximum absolute atomic E-state index is 15.3. The number of esters is 1. The molecule has 8 bridgehead atoms. The lowest BCUT2D eigenvalue weighted by Crippen LogP contribution is -2.57. The number of rotatable bonds is 24. The molecule has 19 N–H and O–H groups in total. The number of ether oxygens (including phenoxy) is 1. The van der Waals surface area contributed by atoms with Crippen LogP contribution in [0, 0.1) is 5.92 Å². The summed E-state index contributed by atoms with van der Waals surface area (Å²) in [5, 5.41) is 102. The molecule has 1 aliphatic carbocycles. The molecule has 3 aliphatic heterocycles. The van der Waals surface area contributed by atoms with Crippen molar-refractivity contribution in [3.05, 3.63) is 148 Å². The Labute approximate surface area is 683 Å². The third-order valence-corrected chi connectivity index (χ3v) is 24.2. The van der Waals surface area contributed by atoms with E-state index in [1.807, 2.05) is 6.92 Å². The highest BCUT2D eigenvalue weighted by molar-refractivity contribution is 8.14. The van der Waals surface area contributed by atoms with Gasteiger partial charge in [0.15, 0.2) is 0 Å². The van der Waals surface area contributed by atoms with Crippen molar-refractivity contribution in [3.8, 4) is 0 Å². The Morgan fingerprint density at radius 1 is 0.741 bits per heavy atom. The number of hydrogen-bond acceptors (Lipinski definition) is 32. The number of nitrogens with two attached hydrogens (primary N) is 1. The van der Waals surface area contributed by atoms with Crippen LogP contribution in [-0.4, -0.2) is 210 Å². The number of nitrogens with zero attached hydrogens (tertiary/aromatic N) is 7. The number of allylic oxidation sites excluding steroid dienone is 1. The van der Waals surface area contributed by atoms with E-state index in [2.05, 4.69) is 98.2 Å². The maximum Gasteiger partial charge on any atom is 0.356 e. The van der Waals surface area contributed by atoms with Gasteiger partial charge in [-0.3, -0.25) is 68.0 Å². The number of fused-ring (bicyclic) bond motifs is 11. The van der Waals surface area contributed by atoms with Gasteiger partial charge in [-0.1, -0.05) is 58.2 Å². The van der Waals surface area contributed by atoms with E-state index in [9.17, 15) is 83.4 Å². The number of aliphatic imine (C=N–C) groups is 2. The van der Waals surface area contributed by atoms with Gasteiger partial charge in [-0.25, -0.2) is 29.7 Å². The first-order valence-corrected chi connectivity index (χ1v) is 40.6. The largest absolute Gasteiger partial charge is 0.464 e. The molecule has 11 amide bonds. The SMILES string of the molecule is C=C(NC(=O)C(=C)NC(=O)c1csc(C2=N[C@@H]3c4csc(n4)[C@H]([C@@H](C)O)NC(=O)c4csc(n4)[C@H]([C@](C)(O)[C@@H](C)O)NC(=O)C4CSC(=N4)/C(=C/C)NC(=O)[C@H]([C@@H](C)O)NC(=O)c4csc(n4)[C@@]3(NC(=O)[C@H](C)NC(=O)C(=C)NC(=O)[C@H](C)NC(=O)[C@@H](N[C@@H]3C=Cc4c([C@H](C)O)cc(C(=O)OC)nc4[C@H]3O)[C@@H](C)CC)CC2)n1)C(N)=O. The van der Waals surface area contributed by atoms with Crippen LogP contribution in [0.5, 0.6) is 0 Å². The molecule has 4 aliphatic rings. The van der Waals surface area contributed by atoms with Crippen LogP contribution < -0.4 is 64.2 Å². The molecule has 620 valence electrons. The Morgan fingerprint density at radius 3 is 2.03 bits per heavy atom. The molecule has 43 heteroatoms. The Bertz CT molecular complexity index is 4890. The molecule has 0 saturated carbocycles. The predicted molar refractivity (Wildman–Crippen MR) is 426 cm³/mol. The summed E-state index contributed by atoms with van der Waals surface area (Å²) in [6, 6.07) is -10.9. The number of carbonyl (C=O) groups is 12. The van der Waals surface area contributed by atoms with Crippen molar-refractivity contribution in [2.45, 2.75) is 185 Å². The number of aromatic nitrogens is 5. The number of thiazole rings is 4. The van der Waals surface area contributed by atoms with Gasteiger partial charge in [-0.15, -0.1) is 57.1 Å². The van der Waals surface area contributed by atoms with E-state index in [1.54, 1.807) is 26.0 Å². The van der Waals surface area contributed by atoms with Crippen LogP contribution in [-0.2, 0) is 48.6 Å². The Hall–Kier alpha value is -10.6. The van der Waals surface area contributed by atoms with Crippen LogP contribution in [0.3, 0.4) is 0 Å². The average Bonchev–Trinajstić information content (AvgIpc) is 1.48. The van der Waals surface area contributed by atoms with E-state index in [-0.39, 0.29) is 89.2 Å². The van der Waals surface area contributed by atoms with Crippen molar-refractivity contribution in [3.63, 3.8) is 0 Å². The third kappa shape index (κ3) is 20.1. The first-order valence-electron chi connectivity index (χ1n) is 36.1. The fourth-order valence-corrected chi connectivity index (χ4v) is 17.0. The molecule has 116 heavy (non-hydrogen) atoms. The highest BCUT2D eigenvalue weighted by Gasteiger charge is 2.51. The molecular formula is C73H89N19O19S5. The number of methoxy groups -OCH3 is 1. The van der Waals surface area contributed by atoms with Crippen LogP contribution in [0.2, 0.25) is 0 Å². The van der Waals surface area contributed by atoms with Crippen molar-refractivity contribution in [1.29, 1.82) is 0 Å². The van der Waals surface area contributed by atoms with Crippen molar-refractivity contribution in [1.82, 2.24) is 83.4 Å².